The Balaban J connectivity index is 0.000000220. The fraction of sp³-hybridized carbons (Fsp3) is 0.333. The first-order valence-corrected chi connectivity index (χ1v) is 9.63. The van der Waals surface area contributed by atoms with Crippen LogP contribution in [0, 0.1) is 0 Å². The van der Waals surface area contributed by atoms with Crippen LogP contribution < -0.4 is 4.74 Å². The zero-order valence-electron chi connectivity index (χ0n) is 16.1. The molecule has 2 aliphatic heterocycles. The Kier molecular flexibility index (Phi) is 6.62. The average molecular weight is 436 g/mol. The van der Waals surface area contributed by atoms with Gasteiger partial charge in [-0.2, -0.15) is 0 Å². The number of fused-ring (bicyclic) bond motifs is 5. The predicted octanol–water partition coefficient (Wildman–Crippen LogP) is 2.14. The highest BCUT2D eigenvalue weighted by Gasteiger charge is 2.38. The summed E-state index contributed by atoms with van der Waals surface area (Å²) < 4.78 is 6.15. The van der Waals surface area contributed by atoms with Crippen LogP contribution >= 0.6 is 11.6 Å². The molecule has 2 heterocycles. The molecule has 4 N–H and O–H groups in total. The van der Waals surface area contributed by atoms with Crippen molar-refractivity contribution >= 4 is 23.5 Å². The van der Waals surface area contributed by atoms with Crippen LogP contribution in [0.3, 0.4) is 0 Å². The van der Waals surface area contributed by atoms with E-state index >= 15 is 0 Å². The molecule has 9 heteroatoms. The van der Waals surface area contributed by atoms with Gasteiger partial charge in [0.2, 0.25) is 0 Å². The van der Waals surface area contributed by atoms with Gasteiger partial charge < -0.3 is 30.1 Å². The SMILES string of the molecule is CN1C[C@H]2c3ccccc3Oc3ccc(Cl)cc3[C@@H]2C1.O=C(O)C(O)C(O)C(=O)O. The molecule has 0 spiro atoms. The zero-order valence-corrected chi connectivity index (χ0v) is 16.9. The summed E-state index contributed by atoms with van der Waals surface area (Å²) in [7, 11) is 2.18. The Hall–Kier alpha value is -2.65. The number of aliphatic hydroxyl groups excluding tert-OH is 2. The van der Waals surface area contributed by atoms with Crippen LogP contribution in [0.25, 0.3) is 0 Å². The van der Waals surface area contributed by atoms with Crippen molar-refractivity contribution in [3.05, 3.63) is 58.6 Å². The molecule has 2 aliphatic rings. The third-order valence-corrected chi connectivity index (χ3v) is 5.45. The van der Waals surface area contributed by atoms with Gasteiger partial charge in [-0.3, -0.25) is 0 Å². The van der Waals surface area contributed by atoms with E-state index in [1.807, 2.05) is 18.2 Å². The minimum atomic E-state index is -2.27. The second-order valence-corrected chi connectivity index (χ2v) is 7.76. The topological polar surface area (TPSA) is 128 Å². The monoisotopic (exact) mass is 435 g/mol. The predicted molar refractivity (Wildman–Crippen MR) is 108 cm³/mol. The Morgan fingerprint density at radius 1 is 0.967 bits per heavy atom. The van der Waals surface area contributed by atoms with E-state index in [2.05, 4.69) is 36.2 Å². The third-order valence-electron chi connectivity index (χ3n) is 5.22. The standard InChI is InChI=1S/C17H16ClNO.C4H6O6/c1-19-9-14-12-4-2-3-5-16(12)20-17-7-6-11(18)8-13(17)15(14)10-19;5-1(3(7)8)2(6)4(9)10/h2-8,14-15H,9-10H2,1H3;1-2,5-6H,(H,7,8)(H,9,10)/t14-,15-;/m0./s1. The van der Waals surface area contributed by atoms with Crippen LogP contribution in [0.2, 0.25) is 5.02 Å². The molecule has 2 aromatic rings. The second-order valence-electron chi connectivity index (χ2n) is 7.32. The number of nitrogens with zero attached hydrogens (tertiary/aromatic N) is 1. The van der Waals surface area contributed by atoms with E-state index in [-0.39, 0.29) is 0 Å². The van der Waals surface area contributed by atoms with E-state index < -0.39 is 24.1 Å². The number of rotatable bonds is 3. The third kappa shape index (κ3) is 4.57. The lowest BCUT2D eigenvalue weighted by atomic mass is 9.84. The molecule has 2 unspecified atom stereocenters. The summed E-state index contributed by atoms with van der Waals surface area (Å²) >= 11 is 6.20. The fourth-order valence-electron chi connectivity index (χ4n) is 3.80. The summed E-state index contributed by atoms with van der Waals surface area (Å²) in [5.41, 5.74) is 2.55. The van der Waals surface area contributed by atoms with Gasteiger partial charge >= 0.3 is 11.9 Å². The summed E-state index contributed by atoms with van der Waals surface area (Å²) in [6.45, 7) is 2.12. The molecular formula is C21H22ClNO7. The highest BCUT2D eigenvalue weighted by atomic mass is 35.5. The summed E-state index contributed by atoms with van der Waals surface area (Å²) in [6.07, 6.45) is -4.53. The fourth-order valence-corrected chi connectivity index (χ4v) is 3.98. The molecule has 160 valence electrons. The number of likely N-dealkylation sites (tertiary alicyclic amines) is 1. The highest BCUT2D eigenvalue weighted by molar-refractivity contribution is 6.30. The first-order valence-electron chi connectivity index (χ1n) is 9.25. The van der Waals surface area contributed by atoms with Crippen molar-refractivity contribution < 1.29 is 34.8 Å². The van der Waals surface area contributed by atoms with Gasteiger partial charge in [0.05, 0.1) is 0 Å². The normalized spacial score (nSPS) is 21.5. The number of para-hydroxylation sites is 1. The Bertz CT molecular complexity index is 933. The summed E-state index contributed by atoms with van der Waals surface area (Å²) in [6, 6.07) is 14.4. The summed E-state index contributed by atoms with van der Waals surface area (Å²) in [5.74, 6) is -0.665. The lowest BCUT2D eigenvalue weighted by Gasteiger charge is -2.17. The number of carbonyl (C=O) groups is 2. The number of aliphatic carboxylic acids is 2. The van der Waals surface area contributed by atoms with Crippen molar-refractivity contribution in [3.8, 4) is 11.5 Å². The average Bonchev–Trinajstić information content (AvgIpc) is 3.05. The maximum absolute atomic E-state index is 9.77. The number of halogens is 1. The number of carboxylic acid groups (broad SMARTS) is 2. The molecule has 0 radical (unpaired) electrons. The number of carboxylic acids is 2. The van der Waals surface area contributed by atoms with Crippen LogP contribution in [0.4, 0.5) is 0 Å². The maximum atomic E-state index is 9.77. The molecule has 0 bridgehead atoms. The largest absolute Gasteiger partial charge is 0.479 e. The number of ether oxygens (including phenoxy) is 1. The molecule has 4 atom stereocenters. The second kappa shape index (κ2) is 9.01. The van der Waals surface area contributed by atoms with E-state index in [9.17, 15) is 9.59 Å². The van der Waals surface area contributed by atoms with E-state index in [1.165, 1.54) is 11.1 Å². The number of likely N-dealkylation sites (N-methyl/N-ethyl adjacent to an activating group) is 1. The van der Waals surface area contributed by atoms with Crippen molar-refractivity contribution in [2.75, 3.05) is 20.1 Å². The van der Waals surface area contributed by atoms with Crippen LogP contribution in [-0.2, 0) is 9.59 Å². The molecule has 0 amide bonds. The minimum Gasteiger partial charge on any atom is -0.479 e. The highest BCUT2D eigenvalue weighted by Crippen LogP contribution is 2.49. The van der Waals surface area contributed by atoms with Crippen LogP contribution in [0.5, 0.6) is 11.5 Å². The van der Waals surface area contributed by atoms with Gasteiger partial charge in [0.15, 0.2) is 12.2 Å². The van der Waals surface area contributed by atoms with E-state index in [4.69, 9.17) is 36.8 Å². The van der Waals surface area contributed by atoms with Crippen molar-refractivity contribution in [2.24, 2.45) is 0 Å². The molecular weight excluding hydrogens is 414 g/mol. The van der Waals surface area contributed by atoms with Crippen molar-refractivity contribution in [1.29, 1.82) is 0 Å². The zero-order chi connectivity index (χ0) is 22.0. The van der Waals surface area contributed by atoms with Gasteiger partial charge in [-0.05, 0) is 36.9 Å². The number of aliphatic hydroxyl groups is 2. The number of benzene rings is 2. The Morgan fingerprint density at radius 3 is 2.10 bits per heavy atom. The Labute approximate surface area is 177 Å². The lowest BCUT2D eigenvalue weighted by molar-refractivity contribution is -0.165. The molecule has 1 fully saturated rings. The van der Waals surface area contributed by atoms with Gasteiger partial charge in [-0.1, -0.05) is 29.8 Å². The van der Waals surface area contributed by atoms with Crippen LogP contribution in [0.1, 0.15) is 23.0 Å². The van der Waals surface area contributed by atoms with Crippen molar-refractivity contribution in [2.45, 2.75) is 24.0 Å². The van der Waals surface area contributed by atoms with Crippen LogP contribution in [-0.4, -0.2) is 69.6 Å². The van der Waals surface area contributed by atoms with E-state index in [1.54, 1.807) is 0 Å². The molecule has 30 heavy (non-hydrogen) atoms. The first-order chi connectivity index (χ1) is 14.2. The van der Waals surface area contributed by atoms with Gasteiger partial charge in [0.1, 0.15) is 11.5 Å². The minimum absolute atomic E-state index is 0.456. The molecule has 1 saturated heterocycles. The summed E-state index contributed by atoms with van der Waals surface area (Å²) in [5, 5.41) is 33.3. The van der Waals surface area contributed by atoms with Gasteiger partial charge in [0, 0.05) is 35.5 Å². The van der Waals surface area contributed by atoms with E-state index in [0.717, 1.165) is 29.6 Å². The number of hydrogen-bond donors (Lipinski definition) is 4. The lowest BCUT2D eigenvalue weighted by Crippen LogP contribution is -2.39. The van der Waals surface area contributed by atoms with Gasteiger partial charge in [-0.15, -0.1) is 0 Å². The van der Waals surface area contributed by atoms with Crippen molar-refractivity contribution in [3.63, 3.8) is 0 Å². The van der Waals surface area contributed by atoms with E-state index in [0.29, 0.717) is 11.8 Å². The molecule has 0 saturated carbocycles. The van der Waals surface area contributed by atoms with Crippen molar-refractivity contribution in [1.82, 2.24) is 4.90 Å². The quantitative estimate of drug-likeness (QED) is 0.577. The molecule has 4 rings (SSSR count). The smallest absolute Gasteiger partial charge is 0.335 e. The van der Waals surface area contributed by atoms with Crippen LogP contribution in [0.15, 0.2) is 42.5 Å². The molecule has 0 aromatic heterocycles. The number of hydrogen-bond acceptors (Lipinski definition) is 6. The van der Waals surface area contributed by atoms with Gasteiger partial charge in [0.25, 0.3) is 0 Å². The Morgan fingerprint density at radius 2 is 1.50 bits per heavy atom. The van der Waals surface area contributed by atoms with Gasteiger partial charge in [-0.25, -0.2) is 9.59 Å². The maximum Gasteiger partial charge on any atom is 0.335 e. The summed E-state index contributed by atoms with van der Waals surface area (Å²) in [4.78, 5) is 21.9. The molecule has 2 aromatic carbocycles. The molecule has 8 nitrogen and oxygen atoms in total. The first kappa shape index (κ1) is 22.0. The molecule has 0 aliphatic carbocycles.